The van der Waals surface area contributed by atoms with Crippen LogP contribution in [-0.4, -0.2) is 11.6 Å². The molecule has 1 atom stereocenters. The molecule has 0 saturated carbocycles. The van der Waals surface area contributed by atoms with Gasteiger partial charge in [-0.05, 0) is 12.8 Å². The van der Waals surface area contributed by atoms with E-state index in [0.29, 0.717) is 12.8 Å². The average Bonchev–Trinajstić information content (AvgIpc) is 2.17. The van der Waals surface area contributed by atoms with Gasteiger partial charge in [-0.1, -0.05) is 37.3 Å². The second-order valence-electron chi connectivity index (χ2n) is 4.00. The van der Waals surface area contributed by atoms with Gasteiger partial charge in [-0.25, -0.2) is 0 Å². The van der Waals surface area contributed by atoms with Gasteiger partial charge in [0.2, 0.25) is 0 Å². The molecule has 0 spiro atoms. The van der Waals surface area contributed by atoms with E-state index in [9.17, 15) is 9.59 Å². The molecule has 0 aliphatic carbocycles. The SMILES string of the molecule is CC(=O)CC(C)CC(=O)c1ccccc1. The van der Waals surface area contributed by atoms with Crippen LogP contribution in [0.2, 0.25) is 0 Å². The molecule has 0 heterocycles. The van der Waals surface area contributed by atoms with E-state index < -0.39 is 0 Å². The number of hydrogen-bond donors (Lipinski definition) is 0. The molecule has 1 rings (SSSR count). The second kappa shape index (κ2) is 5.44. The predicted molar refractivity (Wildman–Crippen MR) is 59.9 cm³/mol. The highest BCUT2D eigenvalue weighted by Gasteiger charge is 2.12. The fourth-order valence-corrected chi connectivity index (χ4v) is 1.62. The second-order valence-corrected chi connectivity index (χ2v) is 4.00. The van der Waals surface area contributed by atoms with Gasteiger partial charge in [0.1, 0.15) is 5.78 Å². The molecule has 0 amide bonds. The standard InChI is InChI=1S/C13H16O2/c1-10(8-11(2)14)9-13(15)12-6-4-3-5-7-12/h3-7,10H,8-9H2,1-2H3. The summed E-state index contributed by atoms with van der Waals surface area (Å²) in [4.78, 5) is 22.6. The molecule has 0 aliphatic heterocycles. The van der Waals surface area contributed by atoms with Gasteiger partial charge in [0.05, 0.1) is 0 Å². The third kappa shape index (κ3) is 4.07. The molecule has 1 unspecified atom stereocenters. The van der Waals surface area contributed by atoms with Gasteiger partial charge >= 0.3 is 0 Å². The van der Waals surface area contributed by atoms with Crippen LogP contribution in [0.5, 0.6) is 0 Å². The third-order valence-electron chi connectivity index (χ3n) is 2.27. The summed E-state index contributed by atoms with van der Waals surface area (Å²) in [6.07, 6.45) is 0.933. The molecular formula is C13H16O2. The van der Waals surface area contributed by atoms with E-state index in [1.165, 1.54) is 0 Å². The molecule has 0 aliphatic rings. The van der Waals surface area contributed by atoms with Crippen molar-refractivity contribution < 1.29 is 9.59 Å². The van der Waals surface area contributed by atoms with Crippen LogP contribution in [0.1, 0.15) is 37.0 Å². The topological polar surface area (TPSA) is 34.1 Å². The van der Waals surface area contributed by atoms with Gasteiger partial charge in [-0.3, -0.25) is 4.79 Å². The lowest BCUT2D eigenvalue weighted by molar-refractivity contribution is -0.117. The van der Waals surface area contributed by atoms with Crippen molar-refractivity contribution in [1.29, 1.82) is 0 Å². The van der Waals surface area contributed by atoms with Crippen LogP contribution in [0.4, 0.5) is 0 Å². The monoisotopic (exact) mass is 204 g/mol. The molecule has 80 valence electrons. The number of Topliss-reactive ketones (excluding diaryl/α,β-unsaturated/α-hetero) is 2. The summed E-state index contributed by atoms with van der Waals surface area (Å²) in [5.41, 5.74) is 0.730. The van der Waals surface area contributed by atoms with Gasteiger partial charge in [-0.2, -0.15) is 0 Å². The molecule has 0 fully saturated rings. The predicted octanol–water partition coefficient (Wildman–Crippen LogP) is 2.87. The average molecular weight is 204 g/mol. The first-order chi connectivity index (χ1) is 7.09. The van der Waals surface area contributed by atoms with Gasteiger partial charge in [0, 0.05) is 18.4 Å². The number of benzene rings is 1. The summed E-state index contributed by atoms with van der Waals surface area (Å²) < 4.78 is 0. The van der Waals surface area contributed by atoms with Gasteiger partial charge in [-0.15, -0.1) is 0 Å². The zero-order valence-electron chi connectivity index (χ0n) is 9.19. The normalized spacial score (nSPS) is 12.1. The zero-order chi connectivity index (χ0) is 11.3. The minimum absolute atomic E-state index is 0.115. The number of hydrogen-bond acceptors (Lipinski definition) is 2. The quantitative estimate of drug-likeness (QED) is 0.691. The van der Waals surface area contributed by atoms with Crippen LogP contribution in [0.15, 0.2) is 30.3 Å². The number of carbonyl (C=O) groups is 2. The van der Waals surface area contributed by atoms with Crippen molar-refractivity contribution in [2.24, 2.45) is 5.92 Å². The van der Waals surface area contributed by atoms with Crippen molar-refractivity contribution in [1.82, 2.24) is 0 Å². The van der Waals surface area contributed by atoms with E-state index in [1.807, 2.05) is 37.3 Å². The van der Waals surface area contributed by atoms with Crippen molar-refractivity contribution in [3.05, 3.63) is 35.9 Å². The summed E-state index contributed by atoms with van der Waals surface area (Å²) in [5, 5.41) is 0. The Morgan fingerprint density at radius 2 is 1.73 bits per heavy atom. The van der Waals surface area contributed by atoms with Crippen LogP contribution in [0.25, 0.3) is 0 Å². The number of ketones is 2. The highest BCUT2D eigenvalue weighted by atomic mass is 16.1. The van der Waals surface area contributed by atoms with Gasteiger partial charge < -0.3 is 4.79 Å². The lowest BCUT2D eigenvalue weighted by Gasteiger charge is -2.07. The minimum Gasteiger partial charge on any atom is -0.300 e. The molecule has 0 aromatic heterocycles. The maximum absolute atomic E-state index is 11.7. The number of carbonyl (C=O) groups excluding carboxylic acids is 2. The van der Waals surface area contributed by atoms with Crippen molar-refractivity contribution >= 4 is 11.6 Å². The fraction of sp³-hybridized carbons (Fsp3) is 0.385. The first-order valence-electron chi connectivity index (χ1n) is 5.17. The molecule has 0 saturated heterocycles. The van der Waals surface area contributed by atoms with E-state index in [1.54, 1.807) is 6.92 Å². The molecule has 0 bridgehead atoms. The summed E-state index contributed by atoms with van der Waals surface area (Å²) in [7, 11) is 0. The molecule has 0 N–H and O–H groups in total. The van der Waals surface area contributed by atoms with Crippen molar-refractivity contribution in [2.75, 3.05) is 0 Å². The van der Waals surface area contributed by atoms with E-state index in [0.717, 1.165) is 5.56 Å². The molecule has 1 aromatic rings. The van der Waals surface area contributed by atoms with Crippen LogP contribution in [0.3, 0.4) is 0 Å². The van der Waals surface area contributed by atoms with Crippen molar-refractivity contribution in [3.63, 3.8) is 0 Å². The summed E-state index contributed by atoms with van der Waals surface area (Å²) in [6.45, 7) is 3.49. The van der Waals surface area contributed by atoms with Gasteiger partial charge in [0.15, 0.2) is 5.78 Å². The summed E-state index contributed by atoms with van der Waals surface area (Å²) in [5.74, 6) is 0.392. The minimum atomic E-state index is 0.115. The fourth-order valence-electron chi connectivity index (χ4n) is 1.62. The smallest absolute Gasteiger partial charge is 0.163 e. The Labute approximate surface area is 90.3 Å². The van der Waals surface area contributed by atoms with Crippen molar-refractivity contribution in [3.8, 4) is 0 Å². The highest BCUT2D eigenvalue weighted by Crippen LogP contribution is 2.12. The Balaban J connectivity index is 2.53. The maximum Gasteiger partial charge on any atom is 0.163 e. The van der Waals surface area contributed by atoms with E-state index >= 15 is 0 Å². The highest BCUT2D eigenvalue weighted by molar-refractivity contribution is 5.96. The summed E-state index contributed by atoms with van der Waals surface area (Å²) >= 11 is 0. The molecular weight excluding hydrogens is 188 g/mol. The Kier molecular flexibility index (Phi) is 4.22. The zero-order valence-corrected chi connectivity index (χ0v) is 9.19. The van der Waals surface area contributed by atoms with Crippen molar-refractivity contribution in [2.45, 2.75) is 26.7 Å². The van der Waals surface area contributed by atoms with Crippen LogP contribution in [0, 0.1) is 5.92 Å². The molecule has 2 heteroatoms. The Hall–Kier alpha value is -1.44. The van der Waals surface area contributed by atoms with E-state index in [-0.39, 0.29) is 17.5 Å². The van der Waals surface area contributed by atoms with Gasteiger partial charge in [0.25, 0.3) is 0 Å². The summed E-state index contributed by atoms with van der Waals surface area (Å²) in [6, 6.07) is 9.20. The Morgan fingerprint density at radius 3 is 2.27 bits per heavy atom. The molecule has 15 heavy (non-hydrogen) atoms. The first kappa shape index (κ1) is 11.6. The third-order valence-corrected chi connectivity index (χ3v) is 2.27. The lowest BCUT2D eigenvalue weighted by Crippen LogP contribution is -2.08. The molecule has 0 radical (unpaired) electrons. The lowest BCUT2D eigenvalue weighted by atomic mass is 9.96. The van der Waals surface area contributed by atoms with Crippen LogP contribution >= 0.6 is 0 Å². The Morgan fingerprint density at radius 1 is 1.13 bits per heavy atom. The van der Waals surface area contributed by atoms with Crippen LogP contribution < -0.4 is 0 Å². The Bertz CT molecular complexity index is 341. The molecule has 1 aromatic carbocycles. The number of rotatable bonds is 5. The van der Waals surface area contributed by atoms with Crippen LogP contribution in [-0.2, 0) is 4.79 Å². The largest absolute Gasteiger partial charge is 0.300 e. The first-order valence-corrected chi connectivity index (χ1v) is 5.17. The van der Waals surface area contributed by atoms with E-state index in [4.69, 9.17) is 0 Å². The maximum atomic E-state index is 11.7. The van der Waals surface area contributed by atoms with E-state index in [2.05, 4.69) is 0 Å². The molecule has 2 nitrogen and oxygen atoms in total.